The van der Waals surface area contributed by atoms with Gasteiger partial charge in [0.25, 0.3) is 0 Å². The van der Waals surface area contributed by atoms with E-state index in [1.807, 2.05) is 12.1 Å². The van der Waals surface area contributed by atoms with E-state index in [0.29, 0.717) is 5.56 Å². The fourth-order valence-electron chi connectivity index (χ4n) is 8.39. The molecule has 45 heavy (non-hydrogen) atoms. The fraction of sp³-hybridized carbons (Fsp3) is 0.429. The monoisotopic (exact) mass is 597 g/mol. The molecule has 0 saturated carbocycles. The molecule has 0 aliphatic heterocycles. The van der Waals surface area contributed by atoms with E-state index in [4.69, 9.17) is 4.42 Å². The van der Waals surface area contributed by atoms with Crippen molar-refractivity contribution in [3.8, 4) is 28.5 Å². The molecule has 2 heterocycles. The fourth-order valence-corrected chi connectivity index (χ4v) is 8.39. The summed E-state index contributed by atoms with van der Waals surface area (Å²) in [6.45, 7) is 28.6. The van der Waals surface area contributed by atoms with Gasteiger partial charge in [-0.25, -0.2) is 4.57 Å². The third kappa shape index (κ3) is 3.97. The van der Waals surface area contributed by atoms with E-state index in [0.717, 1.165) is 49.9 Å². The number of aromatic nitrogens is 1. The maximum atomic E-state index is 10.6. The van der Waals surface area contributed by atoms with Gasteiger partial charge < -0.3 is 4.42 Å². The smallest absolute Gasteiger partial charge is 0.216 e. The summed E-state index contributed by atoms with van der Waals surface area (Å²) in [5.41, 5.74) is 11.3. The number of hydrogen-bond donors (Lipinski definition) is 0. The highest BCUT2D eigenvalue weighted by Crippen LogP contribution is 2.68. The second-order valence-electron chi connectivity index (χ2n) is 16.6. The van der Waals surface area contributed by atoms with Crippen LogP contribution >= 0.6 is 0 Å². The zero-order valence-corrected chi connectivity index (χ0v) is 29.6. The quantitative estimate of drug-likeness (QED) is 0.190. The van der Waals surface area contributed by atoms with Gasteiger partial charge in [-0.3, -0.25) is 0 Å². The Kier molecular flexibility index (Phi) is 6.60. The molecule has 0 radical (unpaired) electrons. The highest BCUT2D eigenvalue weighted by molar-refractivity contribution is 6.14. The van der Waals surface area contributed by atoms with Crippen LogP contribution in [0, 0.1) is 29.1 Å². The van der Waals surface area contributed by atoms with Gasteiger partial charge in [0.05, 0.1) is 17.2 Å². The van der Waals surface area contributed by atoms with Crippen LogP contribution in [-0.2, 0) is 23.3 Å². The molecule has 3 heteroatoms. The molecule has 3 aromatic carbocycles. The second kappa shape index (κ2) is 9.56. The van der Waals surface area contributed by atoms with Crippen molar-refractivity contribution < 1.29 is 8.98 Å². The van der Waals surface area contributed by atoms with Crippen LogP contribution in [0.5, 0.6) is 0 Å². The summed E-state index contributed by atoms with van der Waals surface area (Å²) >= 11 is 0. The average Bonchev–Trinajstić information content (AvgIpc) is 3.33. The molecule has 0 unspecified atom stereocenters. The molecule has 6 rings (SSSR count). The minimum Gasteiger partial charge on any atom is -0.454 e. The third-order valence-corrected chi connectivity index (χ3v) is 12.7. The molecule has 1 aliphatic rings. The molecule has 0 bridgehead atoms. The molecule has 232 valence electrons. The lowest BCUT2D eigenvalue weighted by molar-refractivity contribution is -0.660. The van der Waals surface area contributed by atoms with Crippen LogP contribution in [0.15, 0.2) is 65.2 Å². The van der Waals surface area contributed by atoms with Crippen molar-refractivity contribution in [1.29, 1.82) is 5.26 Å². The Morgan fingerprint density at radius 1 is 0.711 bits per heavy atom. The Morgan fingerprint density at radius 3 is 1.87 bits per heavy atom. The first-order chi connectivity index (χ1) is 20.8. The number of hydrogen-bond acceptors (Lipinski definition) is 2. The topological polar surface area (TPSA) is 40.8 Å². The van der Waals surface area contributed by atoms with Gasteiger partial charge in [-0.05, 0) is 80.0 Å². The molecule has 5 aromatic rings. The van der Waals surface area contributed by atoms with Crippen LogP contribution in [0.4, 0.5) is 0 Å². The number of nitriles is 1. The number of pyridine rings is 1. The molecule has 0 saturated heterocycles. The van der Waals surface area contributed by atoms with Gasteiger partial charge in [-0.2, -0.15) is 5.26 Å². The predicted molar refractivity (Wildman–Crippen MR) is 188 cm³/mol. The molecule has 0 atom stereocenters. The lowest BCUT2D eigenvalue weighted by Gasteiger charge is -2.65. The first-order valence-electron chi connectivity index (χ1n) is 16.3. The van der Waals surface area contributed by atoms with Crippen LogP contribution in [0.1, 0.15) is 104 Å². The molecule has 0 spiro atoms. The Labute approximate surface area is 269 Å². The molecule has 0 N–H and O–H groups in total. The molecule has 1 aliphatic carbocycles. The largest absolute Gasteiger partial charge is 0.454 e. The maximum absolute atomic E-state index is 10.6. The van der Waals surface area contributed by atoms with Crippen LogP contribution in [0.2, 0.25) is 0 Å². The van der Waals surface area contributed by atoms with E-state index in [1.165, 1.54) is 16.7 Å². The minimum absolute atomic E-state index is 0.0177. The number of nitrogens with zero attached hydrogens (tertiary/aromatic N) is 2. The van der Waals surface area contributed by atoms with Crippen LogP contribution < -0.4 is 4.57 Å². The van der Waals surface area contributed by atoms with E-state index < -0.39 is 0 Å². The third-order valence-electron chi connectivity index (χ3n) is 12.7. The molecular formula is C42H49N2O+. The van der Waals surface area contributed by atoms with Gasteiger partial charge in [0.2, 0.25) is 5.69 Å². The summed E-state index contributed by atoms with van der Waals surface area (Å²) in [6.07, 6.45) is 2.08. The van der Waals surface area contributed by atoms with E-state index in [1.54, 1.807) is 0 Å². The van der Waals surface area contributed by atoms with Crippen molar-refractivity contribution in [3.05, 3.63) is 88.6 Å². The lowest BCUT2D eigenvalue weighted by Crippen LogP contribution is -2.60. The molecule has 0 amide bonds. The predicted octanol–water partition coefficient (Wildman–Crippen LogP) is 10.8. The number of benzene rings is 3. The van der Waals surface area contributed by atoms with Gasteiger partial charge in [-0.15, -0.1) is 0 Å². The first kappa shape index (κ1) is 31.1. The average molecular weight is 598 g/mol. The zero-order valence-electron chi connectivity index (χ0n) is 29.6. The SMILES string of the molecule is Cc1ccc2c(oc3c(-c4ccc(C(C)(C)C)c5c4C(C)(C)C(C)(C)C(C)(C)C5(C)C)c(C#N)ccc32)c1-c1cccc[n+]1C. The van der Waals surface area contributed by atoms with E-state index in [-0.39, 0.29) is 27.1 Å². The van der Waals surface area contributed by atoms with Gasteiger partial charge in [0.15, 0.2) is 6.20 Å². The Hall–Kier alpha value is -3.90. The number of furan rings is 1. The van der Waals surface area contributed by atoms with Crippen LogP contribution in [-0.4, -0.2) is 0 Å². The summed E-state index contributed by atoms with van der Waals surface area (Å²) in [5.74, 6) is 0. The standard InChI is InChI=1S/C42H49N2O/c1-25-17-19-27-28-20-18-26(24-43)33(37(28)45-36(27)32(25)31-16-14-15-23-44(31)13)29-21-22-30(38(2,3)4)35-34(29)39(5,6)41(9,10)42(11,12)40(35,7)8/h14-23H,1-13H3/q+1. The van der Waals surface area contributed by atoms with Crippen LogP contribution in [0.3, 0.4) is 0 Å². The van der Waals surface area contributed by atoms with Gasteiger partial charge >= 0.3 is 0 Å². The summed E-state index contributed by atoms with van der Waals surface area (Å²) in [5, 5.41) is 12.8. The highest BCUT2D eigenvalue weighted by Gasteiger charge is 2.62. The van der Waals surface area contributed by atoms with Gasteiger partial charge in [0, 0.05) is 28.5 Å². The van der Waals surface area contributed by atoms with Crippen molar-refractivity contribution in [2.45, 2.75) is 99.3 Å². The van der Waals surface area contributed by atoms with Crippen molar-refractivity contribution in [3.63, 3.8) is 0 Å². The Balaban J connectivity index is 1.82. The zero-order chi connectivity index (χ0) is 33.1. The first-order valence-corrected chi connectivity index (χ1v) is 16.3. The van der Waals surface area contributed by atoms with Crippen LogP contribution in [0.25, 0.3) is 44.3 Å². The summed E-state index contributed by atoms with van der Waals surface area (Å²) in [4.78, 5) is 0. The lowest BCUT2D eigenvalue weighted by atomic mass is 9.39. The van der Waals surface area contributed by atoms with E-state index in [9.17, 15) is 5.26 Å². The van der Waals surface area contributed by atoms with E-state index in [2.05, 4.69) is 149 Å². The van der Waals surface area contributed by atoms with E-state index >= 15 is 0 Å². The molecule has 0 fully saturated rings. The number of rotatable bonds is 2. The van der Waals surface area contributed by atoms with Crippen molar-refractivity contribution >= 4 is 21.9 Å². The Bertz CT molecular complexity index is 2070. The second-order valence-corrected chi connectivity index (χ2v) is 16.6. The summed E-state index contributed by atoms with van der Waals surface area (Å²) in [7, 11) is 2.08. The summed E-state index contributed by atoms with van der Waals surface area (Å²) in [6, 6.07) is 21.9. The van der Waals surface area contributed by atoms with Crippen molar-refractivity contribution in [2.24, 2.45) is 17.9 Å². The summed E-state index contributed by atoms with van der Waals surface area (Å²) < 4.78 is 9.18. The molecular weight excluding hydrogens is 548 g/mol. The highest BCUT2D eigenvalue weighted by atomic mass is 16.3. The number of fused-ring (bicyclic) bond motifs is 4. The maximum Gasteiger partial charge on any atom is 0.216 e. The normalized spacial score (nSPS) is 18.1. The van der Waals surface area contributed by atoms with Gasteiger partial charge in [-0.1, -0.05) is 100 Å². The van der Waals surface area contributed by atoms with Crippen molar-refractivity contribution in [1.82, 2.24) is 0 Å². The van der Waals surface area contributed by atoms with Crippen molar-refractivity contribution in [2.75, 3.05) is 0 Å². The molecule has 2 aromatic heterocycles. The Morgan fingerprint density at radius 2 is 1.29 bits per heavy atom. The molecule has 3 nitrogen and oxygen atoms in total. The minimum atomic E-state index is -0.210. The van der Waals surface area contributed by atoms with Gasteiger partial charge in [0.1, 0.15) is 18.2 Å². The number of aryl methyl sites for hydroxylation is 2.